The van der Waals surface area contributed by atoms with Crippen molar-refractivity contribution >= 4 is 17.7 Å². The summed E-state index contributed by atoms with van der Waals surface area (Å²) in [6.07, 6.45) is 5.39. The summed E-state index contributed by atoms with van der Waals surface area (Å²) in [7, 11) is 0. The fourth-order valence-corrected chi connectivity index (χ4v) is 4.54. The van der Waals surface area contributed by atoms with E-state index in [1.54, 1.807) is 24.5 Å². The number of nitrogens with zero attached hydrogens (tertiary/aromatic N) is 3. The molecule has 0 aliphatic rings. The van der Waals surface area contributed by atoms with Crippen LogP contribution in [0.3, 0.4) is 0 Å². The molecule has 0 unspecified atom stereocenters. The Bertz CT molecular complexity index is 1520. The van der Waals surface area contributed by atoms with Gasteiger partial charge in [0.15, 0.2) is 0 Å². The summed E-state index contributed by atoms with van der Waals surface area (Å²) in [5.74, 6) is -1.04. The van der Waals surface area contributed by atoms with Crippen LogP contribution >= 0.6 is 0 Å². The van der Waals surface area contributed by atoms with E-state index in [2.05, 4.69) is 36.2 Å². The minimum Gasteiger partial charge on any atom is -0.508 e. The number of benzene rings is 2. The summed E-state index contributed by atoms with van der Waals surface area (Å²) < 4.78 is 1.44. The van der Waals surface area contributed by atoms with Crippen LogP contribution in [0.25, 0.3) is 11.3 Å². The Morgan fingerprint density at radius 1 is 0.952 bits per heavy atom. The molecule has 9 heteroatoms. The van der Waals surface area contributed by atoms with Crippen LogP contribution in [0.15, 0.2) is 79.1 Å². The van der Waals surface area contributed by atoms with Gasteiger partial charge in [-0.1, -0.05) is 45.0 Å². The second-order valence-electron chi connectivity index (χ2n) is 11.4. The average Bonchev–Trinajstić information content (AvgIpc) is 3.40. The highest BCUT2D eigenvalue weighted by molar-refractivity contribution is 5.98. The summed E-state index contributed by atoms with van der Waals surface area (Å²) in [5.41, 5.74) is 10.6. The van der Waals surface area contributed by atoms with Gasteiger partial charge in [-0.15, -0.1) is 0 Å². The molecule has 2 amide bonds. The second kappa shape index (κ2) is 13.4. The molecule has 9 nitrogen and oxygen atoms in total. The number of aromatic nitrogens is 3. The van der Waals surface area contributed by atoms with Crippen molar-refractivity contribution in [2.75, 3.05) is 0 Å². The molecule has 2 aromatic heterocycles. The molecule has 0 fully saturated rings. The zero-order valence-corrected chi connectivity index (χ0v) is 24.2. The fourth-order valence-electron chi connectivity index (χ4n) is 4.54. The Morgan fingerprint density at radius 2 is 1.62 bits per heavy atom. The number of hydrogen-bond acceptors (Lipinski definition) is 7. The van der Waals surface area contributed by atoms with Gasteiger partial charge in [-0.3, -0.25) is 24.7 Å². The first-order chi connectivity index (χ1) is 20.0. The van der Waals surface area contributed by atoms with Crippen LogP contribution < -0.4 is 11.1 Å². The lowest BCUT2D eigenvalue weighted by molar-refractivity contribution is -0.131. The average molecular weight is 568 g/mol. The number of phenols is 1. The topological polar surface area (TPSA) is 140 Å². The number of imide groups is 1. The number of phenolic OH excluding ortho intramolecular Hbond substituents is 1. The Kier molecular flexibility index (Phi) is 9.64. The van der Waals surface area contributed by atoms with Crippen molar-refractivity contribution in [3.05, 3.63) is 102 Å². The van der Waals surface area contributed by atoms with E-state index in [4.69, 9.17) is 5.73 Å². The van der Waals surface area contributed by atoms with Gasteiger partial charge in [0.1, 0.15) is 5.75 Å². The molecule has 4 aromatic rings. The number of carbonyl (C=O) groups is 3. The molecule has 0 aliphatic heterocycles. The monoisotopic (exact) mass is 567 g/mol. The molecule has 0 saturated heterocycles. The largest absolute Gasteiger partial charge is 0.508 e. The predicted molar refractivity (Wildman–Crippen MR) is 161 cm³/mol. The lowest BCUT2D eigenvalue weighted by Crippen LogP contribution is -2.44. The molecule has 42 heavy (non-hydrogen) atoms. The van der Waals surface area contributed by atoms with Crippen LogP contribution in [0.4, 0.5) is 0 Å². The summed E-state index contributed by atoms with van der Waals surface area (Å²) in [6, 6.07) is 18.7. The predicted octanol–water partition coefficient (Wildman–Crippen LogP) is 4.56. The van der Waals surface area contributed by atoms with Gasteiger partial charge < -0.3 is 10.8 Å². The Hall–Kier alpha value is -4.63. The normalized spacial score (nSPS) is 12.1. The molecule has 0 aliphatic carbocycles. The zero-order valence-electron chi connectivity index (χ0n) is 24.2. The van der Waals surface area contributed by atoms with Gasteiger partial charge >= 0.3 is 0 Å². The maximum Gasteiger partial charge on any atom is 0.278 e. The first kappa shape index (κ1) is 30.3. The highest BCUT2D eigenvalue weighted by Crippen LogP contribution is 2.24. The molecule has 218 valence electrons. The molecule has 2 aromatic carbocycles. The Balaban J connectivity index is 1.37. The summed E-state index contributed by atoms with van der Waals surface area (Å²) >= 11 is 0. The van der Waals surface area contributed by atoms with E-state index in [9.17, 15) is 19.5 Å². The number of aryl methyl sites for hydroxylation is 1. The van der Waals surface area contributed by atoms with E-state index >= 15 is 0 Å². The number of unbranched alkanes of at least 4 members (excludes halogenated alkanes) is 1. The number of hydrogen-bond donors (Lipinski definition) is 3. The van der Waals surface area contributed by atoms with Gasteiger partial charge in [0.2, 0.25) is 11.8 Å². The van der Waals surface area contributed by atoms with Gasteiger partial charge in [-0.2, -0.15) is 5.10 Å². The molecule has 0 spiro atoms. The lowest BCUT2D eigenvalue weighted by atomic mass is 9.87. The summed E-state index contributed by atoms with van der Waals surface area (Å²) in [4.78, 5) is 42.4. The van der Waals surface area contributed by atoms with Crippen LogP contribution in [-0.2, 0) is 27.8 Å². The van der Waals surface area contributed by atoms with Gasteiger partial charge in [-0.05, 0) is 84.7 Å². The SMILES string of the molecule is CC(C)(C)c1ccc(C(=O)n2nc(-c3ccncc3)cc2CCCCC(=O)NC(=O)[C@@H](N)Cc2ccc(O)cc2)cc1. The van der Waals surface area contributed by atoms with Crippen LogP contribution in [0.2, 0.25) is 0 Å². The standard InChI is InChI=1S/C33H37N5O4/c1-33(2,3)25-12-10-24(11-13-25)32(42)38-26(21-29(37-38)23-16-18-35-19-17-23)6-4-5-7-30(40)36-31(41)28(34)20-22-8-14-27(39)15-9-22/h8-19,21,28,39H,4-7,20,34H2,1-3H3,(H,36,40,41)/t28-/m0/s1. The van der Waals surface area contributed by atoms with Crippen molar-refractivity contribution in [2.45, 2.75) is 64.3 Å². The number of carbonyl (C=O) groups excluding carboxylic acids is 3. The van der Waals surface area contributed by atoms with Crippen molar-refractivity contribution in [1.29, 1.82) is 0 Å². The van der Waals surface area contributed by atoms with Crippen LogP contribution in [0, 0.1) is 0 Å². The molecule has 1 atom stereocenters. The van der Waals surface area contributed by atoms with E-state index in [1.807, 2.05) is 42.5 Å². The molecule has 2 heterocycles. The fraction of sp³-hybridized carbons (Fsp3) is 0.303. The van der Waals surface area contributed by atoms with Crippen molar-refractivity contribution in [1.82, 2.24) is 20.1 Å². The maximum absolute atomic E-state index is 13.5. The van der Waals surface area contributed by atoms with E-state index in [0.717, 1.165) is 22.4 Å². The third-order valence-electron chi connectivity index (χ3n) is 7.03. The van der Waals surface area contributed by atoms with E-state index < -0.39 is 17.9 Å². The van der Waals surface area contributed by atoms with Crippen molar-refractivity contribution in [3.63, 3.8) is 0 Å². The van der Waals surface area contributed by atoms with E-state index in [0.29, 0.717) is 30.5 Å². The number of amides is 2. The van der Waals surface area contributed by atoms with Crippen molar-refractivity contribution < 1.29 is 19.5 Å². The molecule has 0 saturated carbocycles. The van der Waals surface area contributed by atoms with Gasteiger partial charge in [0.25, 0.3) is 5.91 Å². The molecule has 0 bridgehead atoms. The lowest BCUT2D eigenvalue weighted by Gasteiger charge is -2.19. The molecule has 4 N–H and O–H groups in total. The Labute approximate surface area is 245 Å². The first-order valence-electron chi connectivity index (χ1n) is 14.0. The number of aromatic hydroxyl groups is 1. The van der Waals surface area contributed by atoms with Crippen LogP contribution in [0.1, 0.15) is 67.2 Å². The number of pyridine rings is 1. The van der Waals surface area contributed by atoms with E-state index in [1.165, 1.54) is 16.8 Å². The minimum absolute atomic E-state index is 0.0261. The third-order valence-corrected chi connectivity index (χ3v) is 7.03. The molecular formula is C33H37N5O4. The van der Waals surface area contributed by atoms with E-state index in [-0.39, 0.29) is 29.9 Å². The second-order valence-corrected chi connectivity index (χ2v) is 11.4. The molecular weight excluding hydrogens is 530 g/mol. The number of nitrogens with one attached hydrogen (secondary N) is 1. The van der Waals surface area contributed by atoms with Gasteiger partial charge in [0.05, 0.1) is 11.7 Å². The molecule has 0 radical (unpaired) electrons. The Morgan fingerprint density at radius 3 is 2.26 bits per heavy atom. The zero-order chi connectivity index (χ0) is 30.3. The van der Waals surface area contributed by atoms with Crippen LogP contribution in [-0.4, -0.2) is 43.6 Å². The van der Waals surface area contributed by atoms with Crippen molar-refractivity contribution in [2.24, 2.45) is 5.73 Å². The minimum atomic E-state index is -0.886. The van der Waals surface area contributed by atoms with Crippen molar-refractivity contribution in [3.8, 4) is 17.0 Å². The maximum atomic E-state index is 13.5. The molecule has 4 rings (SSSR count). The summed E-state index contributed by atoms with van der Waals surface area (Å²) in [5, 5.41) is 16.4. The van der Waals surface area contributed by atoms with Gasteiger partial charge in [-0.25, -0.2) is 4.68 Å². The van der Waals surface area contributed by atoms with Gasteiger partial charge in [0, 0.05) is 35.6 Å². The highest BCUT2D eigenvalue weighted by atomic mass is 16.3. The first-order valence-corrected chi connectivity index (χ1v) is 14.0. The quantitative estimate of drug-likeness (QED) is 0.239. The smallest absolute Gasteiger partial charge is 0.278 e. The third kappa shape index (κ3) is 7.98. The number of nitrogens with two attached hydrogens (primary N) is 1. The summed E-state index contributed by atoms with van der Waals surface area (Å²) in [6.45, 7) is 6.37. The number of rotatable bonds is 10. The highest BCUT2D eigenvalue weighted by Gasteiger charge is 2.20. The van der Waals surface area contributed by atoms with Crippen LogP contribution in [0.5, 0.6) is 5.75 Å².